The number of aryl methyl sites for hydroxylation is 2. The number of nitrogens with one attached hydrogen (secondary N) is 2. The minimum atomic E-state index is -0.175. The van der Waals surface area contributed by atoms with E-state index in [2.05, 4.69) is 15.6 Å². The van der Waals surface area contributed by atoms with Gasteiger partial charge in [-0.05, 0) is 61.4 Å². The first-order valence-electron chi connectivity index (χ1n) is 9.29. The fourth-order valence-corrected chi connectivity index (χ4v) is 4.13. The van der Waals surface area contributed by atoms with Crippen LogP contribution >= 0.6 is 23.1 Å². The van der Waals surface area contributed by atoms with Gasteiger partial charge in [-0.25, -0.2) is 4.98 Å². The molecule has 0 aliphatic rings. The molecule has 0 unspecified atom stereocenters. The molecule has 3 aromatic rings. The molecule has 0 fully saturated rings. The number of rotatable bonds is 8. The molecule has 1 heterocycles. The van der Waals surface area contributed by atoms with E-state index in [1.807, 2.05) is 37.4 Å². The Morgan fingerprint density at radius 1 is 1.07 bits per heavy atom. The highest BCUT2D eigenvalue weighted by Crippen LogP contribution is 2.21. The van der Waals surface area contributed by atoms with Crippen molar-refractivity contribution in [3.05, 3.63) is 70.2 Å². The monoisotopic (exact) mass is 441 g/mol. The summed E-state index contributed by atoms with van der Waals surface area (Å²) in [6.07, 6.45) is 0. The van der Waals surface area contributed by atoms with Crippen LogP contribution in [0, 0.1) is 13.8 Å². The van der Waals surface area contributed by atoms with Crippen molar-refractivity contribution >= 4 is 45.7 Å². The molecule has 30 heavy (non-hydrogen) atoms. The van der Waals surface area contributed by atoms with E-state index >= 15 is 0 Å². The smallest absolute Gasteiger partial charge is 0.257 e. The zero-order valence-electron chi connectivity index (χ0n) is 17.0. The summed E-state index contributed by atoms with van der Waals surface area (Å²) in [5, 5.41) is 8.13. The number of amides is 2. The van der Waals surface area contributed by atoms with Crippen LogP contribution in [0.3, 0.4) is 0 Å². The first kappa shape index (κ1) is 21.9. The third-order valence-corrected chi connectivity index (χ3v) is 6.17. The van der Waals surface area contributed by atoms with Crippen LogP contribution in [-0.2, 0) is 10.5 Å². The van der Waals surface area contributed by atoms with Gasteiger partial charge in [-0.15, -0.1) is 23.1 Å². The first-order valence-corrected chi connectivity index (χ1v) is 11.3. The third-order valence-electron chi connectivity index (χ3n) is 4.40. The number of methoxy groups -OCH3 is 1. The Balaban J connectivity index is 1.45. The van der Waals surface area contributed by atoms with Gasteiger partial charge in [-0.3, -0.25) is 14.9 Å². The Labute approximate surface area is 184 Å². The topological polar surface area (TPSA) is 80.3 Å². The summed E-state index contributed by atoms with van der Waals surface area (Å²) in [5.74, 6) is 1.39. The number of hydrogen-bond donors (Lipinski definition) is 2. The van der Waals surface area contributed by atoms with Crippen molar-refractivity contribution in [2.24, 2.45) is 0 Å². The highest BCUT2D eigenvalue weighted by molar-refractivity contribution is 7.99. The Morgan fingerprint density at radius 3 is 2.53 bits per heavy atom. The molecular formula is C22H23N3O3S2. The molecule has 0 radical (unpaired) electrons. The second kappa shape index (κ2) is 10.3. The van der Waals surface area contributed by atoms with E-state index < -0.39 is 0 Å². The quantitative estimate of drug-likeness (QED) is 0.520. The van der Waals surface area contributed by atoms with Crippen molar-refractivity contribution in [3.8, 4) is 5.75 Å². The summed E-state index contributed by atoms with van der Waals surface area (Å²) in [7, 11) is 1.60. The van der Waals surface area contributed by atoms with Crippen molar-refractivity contribution in [3.63, 3.8) is 0 Å². The number of nitrogens with zero attached hydrogens (tertiary/aromatic N) is 1. The molecule has 3 rings (SSSR count). The van der Waals surface area contributed by atoms with E-state index in [0.717, 1.165) is 28.3 Å². The third kappa shape index (κ3) is 6.08. The lowest BCUT2D eigenvalue weighted by atomic mass is 10.1. The maximum absolute atomic E-state index is 12.4. The number of ether oxygens (including phenoxy) is 1. The molecule has 0 aliphatic carbocycles. The standard InChI is InChI=1S/C22H23N3O3S2/c1-14-4-5-16(10-15(14)2)21(27)25-22-24-18(12-30-22)11-29-13-20(26)23-17-6-8-19(28-3)9-7-17/h4-10,12H,11,13H2,1-3H3,(H,23,26)(H,24,25,27). The van der Waals surface area contributed by atoms with Crippen LogP contribution in [0.1, 0.15) is 27.2 Å². The molecule has 2 aromatic carbocycles. The molecule has 2 amide bonds. The Hall–Kier alpha value is -2.84. The lowest BCUT2D eigenvalue weighted by Gasteiger charge is -2.06. The van der Waals surface area contributed by atoms with Gasteiger partial charge in [0.25, 0.3) is 5.91 Å². The van der Waals surface area contributed by atoms with Gasteiger partial charge in [0.05, 0.1) is 18.6 Å². The molecule has 1 aromatic heterocycles. The summed E-state index contributed by atoms with van der Waals surface area (Å²) in [5.41, 5.74) is 4.39. The van der Waals surface area contributed by atoms with Gasteiger partial charge in [0.2, 0.25) is 5.91 Å². The number of hydrogen-bond acceptors (Lipinski definition) is 6. The van der Waals surface area contributed by atoms with Crippen LogP contribution in [0.4, 0.5) is 10.8 Å². The summed E-state index contributed by atoms with van der Waals surface area (Å²) >= 11 is 2.84. The Bertz CT molecular complexity index is 1030. The van der Waals surface area contributed by atoms with Gasteiger partial charge in [0.15, 0.2) is 5.13 Å². The van der Waals surface area contributed by atoms with Crippen LogP contribution in [0.25, 0.3) is 0 Å². The summed E-state index contributed by atoms with van der Waals surface area (Å²) in [6.45, 7) is 3.99. The minimum absolute atomic E-state index is 0.0799. The van der Waals surface area contributed by atoms with E-state index in [0.29, 0.717) is 22.2 Å². The van der Waals surface area contributed by atoms with Gasteiger partial charge >= 0.3 is 0 Å². The largest absolute Gasteiger partial charge is 0.497 e. The fourth-order valence-electron chi connectivity index (χ4n) is 2.60. The Kier molecular flexibility index (Phi) is 7.48. The maximum atomic E-state index is 12.4. The average Bonchev–Trinajstić information content (AvgIpc) is 3.17. The number of carbonyl (C=O) groups is 2. The molecule has 0 bridgehead atoms. The highest BCUT2D eigenvalue weighted by atomic mass is 32.2. The predicted octanol–water partition coefficient (Wildman–Crippen LogP) is 4.89. The van der Waals surface area contributed by atoms with E-state index in [4.69, 9.17) is 4.74 Å². The van der Waals surface area contributed by atoms with Crippen LogP contribution in [0.15, 0.2) is 47.8 Å². The molecule has 0 saturated carbocycles. The second-order valence-electron chi connectivity index (χ2n) is 6.67. The molecule has 8 heteroatoms. The van der Waals surface area contributed by atoms with E-state index in [9.17, 15) is 9.59 Å². The number of carbonyl (C=O) groups excluding carboxylic acids is 2. The van der Waals surface area contributed by atoms with Crippen molar-refractivity contribution < 1.29 is 14.3 Å². The fraction of sp³-hybridized carbons (Fsp3) is 0.227. The van der Waals surface area contributed by atoms with Gasteiger partial charge in [0.1, 0.15) is 5.75 Å². The molecule has 0 aliphatic heterocycles. The number of anilines is 2. The number of thioether (sulfide) groups is 1. The summed E-state index contributed by atoms with van der Waals surface area (Å²) in [4.78, 5) is 28.9. The average molecular weight is 442 g/mol. The van der Waals surface area contributed by atoms with Crippen LogP contribution in [0.5, 0.6) is 5.75 Å². The summed E-state index contributed by atoms with van der Waals surface area (Å²) < 4.78 is 5.10. The van der Waals surface area contributed by atoms with Gasteiger partial charge in [-0.2, -0.15) is 0 Å². The number of benzene rings is 2. The van der Waals surface area contributed by atoms with E-state index in [1.54, 1.807) is 31.4 Å². The zero-order chi connectivity index (χ0) is 21.5. The first-order chi connectivity index (χ1) is 14.4. The molecule has 0 atom stereocenters. The van der Waals surface area contributed by atoms with E-state index in [1.165, 1.54) is 23.1 Å². The van der Waals surface area contributed by atoms with Crippen molar-refractivity contribution in [1.29, 1.82) is 0 Å². The van der Waals surface area contributed by atoms with Crippen LogP contribution < -0.4 is 15.4 Å². The Morgan fingerprint density at radius 2 is 1.83 bits per heavy atom. The SMILES string of the molecule is COc1ccc(NC(=O)CSCc2csc(NC(=O)c3ccc(C)c(C)c3)n2)cc1. The number of thiazole rings is 1. The van der Waals surface area contributed by atoms with Crippen molar-refractivity contribution in [2.45, 2.75) is 19.6 Å². The van der Waals surface area contributed by atoms with Crippen molar-refractivity contribution in [2.75, 3.05) is 23.5 Å². The molecular weight excluding hydrogens is 418 g/mol. The molecule has 0 saturated heterocycles. The van der Waals surface area contributed by atoms with Gasteiger partial charge < -0.3 is 10.1 Å². The molecule has 156 valence electrons. The normalized spacial score (nSPS) is 10.5. The maximum Gasteiger partial charge on any atom is 0.257 e. The number of aromatic nitrogens is 1. The molecule has 2 N–H and O–H groups in total. The predicted molar refractivity (Wildman–Crippen MR) is 124 cm³/mol. The lowest BCUT2D eigenvalue weighted by Crippen LogP contribution is -2.14. The minimum Gasteiger partial charge on any atom is -0.497 e. The molecule has 0 spiro atoms. The van der Waals surface area contributed by atoms with Crippen LogP contribution in [-0.4, -0.2) is 29.7 Å². The summed E-state index contributed by atoms with van der Waals surface area (Å²) in [6, 6.07) is 12.8. The highest BCUT2D eigenvalue weighted by Gasteiger charge is 2.11. The van der Waals surface area contributed by atoms with Crippen LogP contribution in [0.2, 0.25) is 0 Å². The molecule has 6 nitrogen and oxygen atoms in total. The van der Waals surface area contributed by atoms with Crippen molar-refractivity contribution in [1.82, 2.24) is 4.98 Å². The lowest BCUT2D eigenvalue weighted by molar-refractivity contribution is -0.113. The second-order valence-corrected chi connectivity index (χ2v) is 8.51. The van der Waals surface area contributed by atoms with Gasteiger partial charge in [-0.1, -0.05) is 6.07 Å². The van der Waals surface area contributed by atoms with Gasteiger partial charge in [0, 0.05) is 22.4 Å². The zero-order valence-corrected chi connectivity index (χ0v) is 18.7. The van der Waals surface area contributed by atoms with E-state index in [-0.39, 0.29) is 11.8 Å².